The Bertz CT molecular complexity index is 589. The van der Waals surface area contributed by atoms with Crippen molar-refractivity contribution in [1.82, 2.24) is 5.32 Å². The molecule has 0 saturated carbocycles. The second-order valence-corrected chi connectivity index (χ2v) is 6.61. The Labute approximate surface area is 105 Å². The van der Waals surface area contributed by atoms with Crippen LogP contribution in [-0.4, -0.2) is 27.3 Å². The summed E-state index contributed by atoms with van der Waals surface area (Å²) in [7, 11) is -3.20. The topological polar surface area (TPSA) is 70.0 Å². The largest absolute Gasteiger partial charge is 0.316 e. The van der Waals surface area contributed by atoms with E-state index in [0.717, 1.165) is 19.2 Å². The molecule has 96 valence electrons. The first kappa shape index (κ1) is 13.0. The van der Waals surface area contributed by atoms with E-state index in [1.54, 1.807) is 6.07 Å². The van der Waals surface area contributed by atoms with Gasteiger partial charge in [0.25, 0.3) is 0 Å². The maximum absolute atomic E-state index is 13.1. The summed E-state index contributed by atoms with van der Waals surface area (Å²) in [6.45, 7) is 1.46. The molecule has 1 aliphatic heterocycles. The molecule has 2 rings (SSSR count). The molecule has 1 aromatic rings. The zero-order valence-electron chi connectivity index (χ0n) is 9.69. The van der Waals surface area contributed by atoms with Crippen molar-refractivity contribution in [3.05, 3.63) is 35.1 Å². The van der Waals surface area contributed by atoms with Gasteiger partial charge in [0, 0.05) is 13.1 Å². The second kappa shape index (κ2) is 5.04. The van der Waals surface area contributed by atoms with Crippen LogP contribution in [0.3, 0.4) is 0 Å². The summed E-state index contributed by atoms with van der Waals surface area (Å²) in [6, 6.07) is 5.54. The molecule has 18 heavy (non-hydrogen) atoms. The van der Waals surface area contributed by atoms with Gasteiger partial charge in [-0.25, -0.2) is 12.8 Å². The minimum Gasteiger partial charge on any atom is -0.316 e. The Morgan fingerprint density at radius 2 is 2.17 bits per heavy atom. The Hall–Kier alpha value is -1.45. The summed E-state index contributed by atoms with van der Waals surface area (Å²) in [4.78, 5) is 0. The van der Waals surface area contributed by atoms with Crippen molar-refractivity contribution in [2.24, 2.45) is 5.92 Å². The summed E-state index contributed by atoms with van der Waals surface area (Å²) < 4.78 is 36.9. The highest BCUT2D eigenvalue weighted by atomic mass is 32.2. The van der Waals surface area contributed by atoms with Crippen LogP contribution in [0.1, 0.15) is 11.1 Å². The van der Waals surface area contributed by atoms with Crippen LogP contribution < -0.4 is 5.32 Å². The molecule has 1 aromatic carbocycles. The number of nitrogens with one attached hydrogen (secondary N) is 1. The van der Waals surface area contributed by atoms with Crippen molar-refractivity contribution >= 4 is 9.84 Å². The van der Waals surface area contributed by atoms with E-state index < -0.39 is 15.7 Å². The fourth-order valence-electron chi connectivity index (χ4n) is 1.89. The monoisotopic (exact) mass is 268 g/mol. The molecule has 1 saturated heterocycles. The minimum atomic E-state index is -3.20. The highest BCUT2D eigenvalue weighted by Crippen LogP contribution is 2.15. The number of rotatable bonds is 4. The second-order valence-electron chi connectivity index (χ2n) is 4.50. The number of benzene rings is 1. The van der Waals surface area contributed by atoms with Crippen molar-refractivity contribution < 1.29 is 12.8 Å². The Morgan fingerprint density at radius 3 is 2.72 bits per heavy atom. The Kier molecular flexibility index (Phi) is 3.64. The van der Waals surface area contributed by atoms with Gasteiger partial charge in [0.15, 0.2) is 9.84 Å². The molecule has 1 N–H and O–H groups in total. The van der Waals surface area contributed by atoms with Crippen molar-refractivity contribution in [3.63, 3.8) is 0 Å². The Morgan fingerprint density at radius 1 is 1.44 bits per heavy atom. The third-order valence-electron chi connectivity index (χ3n) is 2.89. The average Bonchev–Trinajstić information content (AvgIpc) is 2.26. The first-order valence-corrected chi connectivity index (χ1v) is 7.42. The minimum absolute atomic E-state index is 0.118. The van der Waals surface area contributed by atoms with Gasteiger partial charge in [-0.05, 0) is 23.6 Å². The van der Waals surface area contributed by atoms with Crippen molar-refractivity contribution in [1.29, 1.82) is 5.26 Å². The predicted octanol–water partition coefficient (Wildman–Crippen LogP) is 0.832. The normalized spacial score (nSPS) is 16.0. The summed E-state index contributed by atoms with van der Waals surface area (Å²) in [5.74, 6) is -0.453. The lowest BCUT2D eigenvalue weighted by Crippen LogP contribution is -2.45. The van der Waals surface area contributed by atoms with Crippen LogP contribution in [0.15, 0.2) is 18.2 Å². The SMILES string of the molecule is N#Cc1cc(CS(=O)(=O)CC2CNC2)ccc1F. The molecule has 1 aliphatic rings. The smallest absolute Gasteiger partial charge is 0.154 e. The predicted molar refractivity (Wildman–Crippen MR) is 65.0 cm³/mol. The number of nitrogens with zero attached hydrogens (tertiary/aromatic N) is 1. The van der Waals surface area contributed by atoms with Crippen LogP contribution in [0.2, 0.25) is 0 Å². The number of hydrogen-bond donors (Lipinski definition) is 1. The van der Waals surface area contributed by atoms with Crippen molar-refractivity contribution in [2.45, 2.75) is 5.75 Å². The maximum Gasteiger partial charge on any atom is 0.154 e. The average molecular weight is 268 g/mol. The van der Waals surface area contributed by atoms with Gasteiger partial charge < -0.3 is 5.32 Å². The quantitative estimate of drug-likeness (QED) is 0.878. The summed E-state index contributed by atoms with van der Waals surface area (Å²) in [6.07, 6.45) is 0. The van der Waals surface area contributed by atoms with Gasteiger partial charge in [0.05, 0.1) is 17.1 Å². The van der Waals surface area contributed by atoms with Crippen LogP contribution in [-0.2, 0) is 15.6 Å². The molecular formula is C12H13FN2O2S. The van der Waals surface area contributed by atoms with Crippen LogP contribution in [0, 0.1) is 23.1 Å². The molecule has 0 spiro atoms. The maximum atomic E-state index is 13.1. The van der Waals surface area contributed by atoms with Gasteiger partial charge in [-0.2, -0.15) is 5.26 Å². The molecule has 6 heteroatoms. The summed E-state index contributed by atoms with van der Waals surface area (Å²) in [5.41, 5.74) is 0.341. The van der Waals surface area contributed by atoms with Gasteiger partial charge in [-0.1, -0.05) is 6.07 Å². The number of halogens is 1. The van der Waals surface area contributed by atoms with E-state index in [2.05, 4.69) is 5.32 Å². The molecule has 0 unspecified atom stereocenters. The first-order valence-electron chi connectivity index (χ1n) is 5.60. The lowest BCUT2D eigenvalue weighted by Gasteiger charge is -2.26. The van der Waals surface area contributed by atoms with E-state index in [-0.39, 0.29) is 23.0 Å². The van der Waals surface area contributed by atoms with Gasteiger partial charge in [-0.3, -0.25) is 0 Å². The molecule has 4 nitrogen and oxygen atoms in total. The van der Waals surface area contributed by atoms with E-state index >= 15 is 0 Å². The Balaban J connectivity index is 2.11. The van der Waals surface area contributed by atoms with Crippen LogP contribution in [0.5, 0.6) is 0 Å². The van der Waals surface area contributed by atoms with Crippen LogP contribution >= 0.6 is 0 Å². The molecule has 1 fully saturated rings. The number of nitriles is 1. The van der Waals surface area contributed by atoms with E-state index in [1.807, 2.05) is 0 Å². The highest BCUT2D eigenvalue weighted by molar-refractivity contribution is 7.90. The van der Waals surface area contributed by atoms with E-state index in [9.17, 15) is 12.8 Å². The van der Waals surface area contributed by atoms with Crippen molar-refractivity contribution in [2.75, 3.05) is 18.8 Å². The zero-order valence-corrected chi connectivity index (χ0v) is 10.5. The number of sulfone groups is 1. The summed E-state index contributed by atoms with van der Waals surface area (Å²) in [5, 5.41) is 11.7. The molecule has 0 amide bonds. The standard InChI is InChI=1S/C12H13FN2O2S/c13-12-2-1-9(3-11(12)4-14)7-18(16,17)8-10-5-15-6-10/h1-3,10,15H,5-8H2. The van der Waals surface area contributed by atoms with Gasteiger partial charge >= 0.3 is 0 Å². The van der Waals surface area contributed by atoms with E-state index in [4.69, 9.17) is 5.26 Å². The zero-order chi connectivity index (χ0) is 13.2. The van der Waals surface area contributed by atoms with E-state index in [1.165, 1.54) is 12.1 Å². The highest BCUT2D eigenvalue weighted by Gasteiger charge is 2.24. The molecule has 0 aliphatic carbocycles. The lowest BCUT2D eigenvalue weighted by molar-refractivity contribution is 0.378. The molecule has 0 radical (unpaired) electrons. The fourth-order valence-corrected chi connectivity index (χ4v) is 3.65. The van der Waals surface area contributed by atoms with Gasteiger partial charge in [-0.15, -0.1) is 0 Å². The molecule has 0 atom stereocenters. The molecule has 0 aromatic heterocycles. The molecular weight excluding hydrogens is 255 g/mol. The van der Waals surface area contributed by atoms with Gasteiger partial charge in [0.1, 0.15) is 11.9 Å². The number of hydrogen-bond acceptors (Lipinski definition) is 4. The summed E-state index contributed by atoms with van der Waals surface area (Å²) >= 11 is 0. The van der Waals surface area contributed by atoms with Crippen LogP contribution in [0.25, 0.3) is 0 Å². The van der Waals surface area contributed by atoms with Gasteiger partial charge in [0.2, 0.25) is 0 Å². The molecule has 1 heterocycles. The third kappa shape index (κ3) is 3.06. The third-order valence-corrected chi connectivity index (χ3v) is 4.65. The first-order chi connectivity index (χ1) is 8.50. The lowest BCUT2D eigenvalue weighted by atomic mass is 10.1. The molecule has 0 bridgehead atoms. The van der Waals surface area contributed by atoms with E-state index in [0.29, 0.717) is 5.56 Å². The van der Waals surface area contributed by atoms with Crippen LogP contribution in [0.4, 0.5) is 4.39 Å². The fraction of sp³-hybridized carbons (Fsp3) is 0.417. The van der Waals surface area contributed by atoms with Crippen molar-refractivity contribution in [3.8, 4) is 6.07 Å².